The van der Waals surface area contributed by atoms with E-state index in [4.69, 9.17) is 23.7 Å². The zero-order chi connectivity index (χ0) is 39.0. The predicted octanol–water partition coefficient (Wildman–Crippen LogP) is 7.11. The van der Waals surface area contributed by atoms with Crippen LogP contribution < -0.4 is 19.5 Å². The number of esters is 2. The maximum Gasteiger partial charge on any atom is 0.333 e. The van der Waals surface area contributed by atoms with Gasteiger partial charge in [-0.1, -0.05) is 29.4 Å². The standard InChI is InChI=1S/C43H50N4O8/c1-21(2)11-10-15-41(8)19-24-17-28(48)52-36-29(24)34(53-41)25(13-12-22(3)4)35-30(36)32-31-33(47-39(46-32)44-20-45-47)26-18-27-40(6,7)55-42(37(26)49,43(27,31)54-35)16-14-23(5)38(50)51-9/h11-12,14,19-20,26-27,31-33H,10,13,15-18H2,1-9H3,(H,44,45,46)/b23-14-. The molecule has 8 atom stereocenters. The van der Waals surface area contributed by atoms with Crippen LogP contribution in [0.4, 0.5) is 5.95 Å². The Morgan fingerprint density at radius 1 is 1.04 bits per heavy atom. The number of carbonyl (C=O) groups excluding carboxylic acids is 3. The number of hydrogen-bond donors (Lipinski definition) is 1. The third-order valence-electron chi connectivity index (χ3n) is 13.3. The number of anilines is 1. The molecule has 10 rings (SSSR count). The molecule has 3 aliphatic carbocycles. The molecule has 55 heavy (non-hydrogen) atoms. The van der Waals surface area contributed by atoms with Crippen molar-refractivity contribution >= 4 is 29.2 Å². The molecule has 3 saturated carbocycles. The fourth-order valence-corrected chi connectivity index (χ4v) is 11.2. The molecule has 1 N–H and O–H groups in total. The number of hydrogen-bond acceptors (Lipinski definition) is 11. The maximum atomic E-state index is 15.3. The third-order valence-corrected chi connectivity index (χ3v) is 13.3. The van der Waals surface area contributed by atoms with E-state index in [-0.39, 0.29) is 30.5 Å². The number of rotatable bonds is 8. The number of ketones is 1. The minimum Gasteiger partial charge on any atom is -0.482 e. The van der Waals surface area contributed by atoms with Gasteiger partial charge in [-0.15, -0.1) is 0 Å². The second-order valence-corrected chi connectivity index (χ2v) is 17.7. The van der Waals surface area contributed by atoms with Gasteiger partial charge in [0.15, 0.2) is 22.7 Å². The van der Waals surface area contributed by atoms with Crippen molar-refractivity contribution in [3.05, 3.63) is 64.0 Å². The summed E-state index contributed by atoms with van der Waals surface area (Å²) in [5.41, 5.74) is 1.77. The first kappa shape index (κ1) is 36.0. The SMILES string of the molecule is COC(=O)/C(C)=C\CC12OC(C)(C)C3CC(C1=O)C1C4C(Nc5ncnn51)c1c(c(CC=C(C)C)c5c6c1OC(=O)CC6=CC(C)(CCC=C(C)C)O5)OC432. The Morgan fingerprint density at radius 2 is 1.80 bits per heavy atom. The van der Waals surface area contributed by atoms with Crippen LogP contribution in [0.15, 0.2) is 47.4 Å². The first-order valence-corrected chi connectivity index (χ1v) is 19.5. The van der Waals surface area contributed by atoms with Crippen LogP contribution in [0.3, 0.4) is 0 Å². The van der Waals surface area contributed by atoms with Crippen LogP contribution in [-0.2, 0) is 30.3 Å². The van der Waals surface area contributed by atoms with Gasteiger partial charge < -0.3 is 29.0 Å². The quantitative estimate of drug-likeness (QED) is 0.128. The number of nitrogens with zero attached hydrogens (tertiary/aromatic N) is 3. The summed E-state index contributed by atoms with van der Waals surface area (Å²) in [6, 6.07) is -0.916. The molecular weight excluding hydrogens is 700 g/mol. The van der Waals surface area contributed by atoms with Crippen LogP contribution in [0, 0.1) is 17.8 Å². The molecule has 0 radical (unpaired) electrons. The highest BCUT2D eigenvalue weighted by Crippen LogP contribution is 2.76. The van der Waals surface area contributed by atoms with E-state index < -0.39 is 52.3 Å². The van der Waals surface area contributed by atoms with Crippen LogP contribution in [0.25, 0.3) is 5.57 Å². The smallest absolute Gasteiger partial charge is 0.333 e. The molecule has 8 unspecified atom stereocenters. The average Bonchev–Trinajstić information content (AvgIpc) is 3.64. The van der Waals surface area contributed by atoms with E-state index >= 15 is 4.79 Å². The highest BCUT2D eigenvalue weighted by molar-refractivity contribution is 5.99. The predicted molar refractivity (Wildman–Crippen MR) is 203 cm³/mol. The van der Waals surface area contributed by atoms with E-state index in [1.807, 2.05) is 18.5 Å². The van der Waals surface area contributed by atoms with Crippen molar-refractivity contribution in [3.8, 4) is 17.2 Å². The molecule has 0 amide bonds. The summed E-state index contributed by atoms with van der Waals surface area (Å²) < 4.78 is 35.3. The average molecular weight is 751 g/mol. The second-order valence-electron chi connectivity index (χ2n) is 17.7. The number of nitrogens with one attached hydrogen (secondary N) is 1. The molecule has 1 saturated heterocycles. The molecule has 290 valence electrons. The molecule has 4 fully saturated rings. The van der Waals surface area contributed by atoms with Gasteiger partial charge in [0.05, 0.1) is 48.3 Å². The van der Waals surface area contributed by atoms with Crippen molar-refractivity contribution in [3.63, 3.8) is 0 Å². The maximum absolute atomic E-state index is 15.3. The van der Waals surface area contributed by atoms with Gasteiger partial charge in [-0.3, -0.25) is 9.59 Å². The van der Waals surface area contributed by atoms with E-state index in [1.54, 1.807) is 13.0 Å². The van der Waals surface area contributed by atoms with Crippen molar-refractivity contribution in [2.75, 3.05) is 12.4 Å². The zero-order valence-electron chi connectivity index (χ0n) is 33.1. The molecule has 8 aliphatic rings. The largest absolute Gasteiger partial charge is 0.482 e. The Labute approximate surface area is 321 Å². The summed E-state index contributed by atoms with van der Waals surface area (Å²) in [7, 11) is 1.35. The molecule has 4 bridgehead atoms. The van der Waals surface area contributed by atoms with Crippen LogP contribution in [0.5, 0.6) is 17.2 Å². The number of allylic oxidation sites excluding steroid dienone is 4. The van der Waals surface area contributed by atoms with Crippen molar-refractivity contribution < 1.29 is 38.1 Å². The number of benzene rings is 1. The number of methoxy groups -OCH3 is 1. The summed E-state index contributed by atoms with van der Waals surface area (Å²) >= 11 is 0. The lowest BCUT2D eigenvalue weighted by Crippen LogP contribution is -2.79. The molecule has 2 aromatic rings. The van der Waals surface area contributed by atoms with Gasteiger partial charge in [-0.2, -0.15) is 10.1 Å². The topological polar surface area (TPSA) is 140 Å². The Kier molecular flexibility index (Phi) is 7.78. The molecule has 12 nitrogen and oxygen atoms in total. The highest BCUT2D eigenvalue weighted by Gasteiger charge is 2.86. The summed E-state index contributed by atoms with van der Waals surface area (Å²) in [5.74, 6) is 0.146. The monoisotopic (exact) mass is 750 g/mol. The summed E-state index contributed by atoms with van der Waals surface area (Å²) in [6.07, 6.45) is 12.5. The van der Waals surface area contributed by atoms with E-state index in [1.165, 1.54) is 19.0 Å². The lowest BCUT2D eigenvalue weighted by molar-refractivity contribution is -0.224. The number of Topliss-reactive ketones (excluding diaryl/α,β-unsaturated/α-hetero) is 1. The molecule has 5 aliphatic heterocycles. The Bertz CT molecular complexity index is 2200. The number of fused-ring (bicyclic) bond motifs is 4. The summed E-state index contributed by atoms with van der Waals surface area (Å²) in [4.78, 5) is 46.4. The molecule has 12 heteroatoms. The zero-order valence-corrected chi connectivity index (χ0v) is 33.1. The van der Waals surface area contributed by atoms with Crippen LogP contribution >= 0.6 is 0 Å². The fourth-order valence-electron chi connectivity index (χ4n) is 11.2. The summed E-state index contributed by atoms with van der Waals surface area (Å²) in [5, 5.41) is 8.40. The first-order chi connectivity index (χ1) is 26.1. The lowest BCUT2D eigenvalue weighted by atomic mass is 9.44. The van der Waals surface area contributed by atoms with Gasteiger partial charge in [0.25, 0.3) is 0 Å². The van der Waals surface area contributed by atoms with Crippen LogP contribution in [0.2, 0.25) is 0 Å². The Morgan fingerprint density at radius 3 is 2.53 bits per heavy atom. The molecule has 1 aromatic carbocycles. The highest BCUT2D eigenvalue weighted by atomic mass is 16.6. The fraction of sp³-hybridized carbons (Fsp3) is 0.558. The van der Waals surface area contributed by atoms with Crippen LogP contribution in [0.1, 0.15) is 116 Å². The van der Waals surface area contributed by atoms with E-state index in [2.05, 4.69) is 68.2 Å². The van der Waals surface area contributed by atoms with E-state index in [0.717, 1.165) is 34.3 Å². The summed E-state index contributed by atoms with van der Waals surface area (Å²) in [6.45, 7) is 16.1. The van der Waals surface area contributed by atoms with Crippen molar-refractivity contribution in [1.82, 2.24) is 14.8 Å². The van der Waals surface area contributed by atoms with Gasteiger partial charge in [-0.05, 0) is 92.7 Å². The number of ether oxygens (including phenoxy) is 5. The normalized spacial score (nSPS) is 33.7. The van der Waals surface area contributed by atoms with Gasteiger partial charge in [0, 0.05) is 29.4 Å². The van der Waals surface area contributed by atoms with Gasteiger partial charge in [-0.25, -0.2) is 9.48 Å². The van der Waals surface area contributed by atoms with Gasteiger partial charge in [0.2, 0.25) is 5.95 Å². The Hall–Kier alpha value is -4.71. The van der Waals surface area contributed by atoms with E-state index in [9.17, 15) is 9.59 Å². The van der Waals surface area contributed by atoms with Crippen molar-refractivity contribution in [2.24, 2.45) is 17.8 Å². The molecular formula is C43H50N4O8. The lowest BCUT2D eigenvalue weighted by Gasteiger charge is -2.66. The first-order valence-electron chi connectivity index (χ1n) is 19.5. The van der Waals surface area contributed by atoms with Crippen molar-refractivity contribution in [1.29, 1.82) is 0 Å². The number of carbonyl (C=O) groups is 3. The molecule has 1 aromatic heterocycles. The van der Waals surface area contributed by atoms with E-state index in [0.29, 0.717) is 48.0 Å². The van der Waals surface area contributed by atoms with Gasteiger partial charge >= 0.3 is 11.9 Å². The minimum absolute atomic E-state index is 0.0695. The van der Waals surface area contributed by atoms with Crippen LogP contribution in [-0.4, -0.2) is 62.0 Å². The molecule has 1 spiro atoms. The van der Waals surface area contributed by atoms with Gasteiger partial charge in [0.1, 0.15) is 23.4 Å². The molecule has 6 heterocycles. The second kappa shape index (κ2) is 11.9. The third kappa shape index (κ3) is 4.82. The van der Waals surface area contributed by atoms with Crippen molar-refractivity contribution in [2.45, 2.75) is 128 Å². The minimum atomic E-state index is -1.46. The number of aromatic nitrogens is 3. The Balaban J connectivity index is 1.34.